The summed E-state index contributed by atoms with van der Waals surface area (Å²) in [5, 5.41) is 10.7. The molecule has 3 amide bonds. The Hall–Kier alpha value is -7.63. The van der Waals surface area contributed by atoms with Crippen molar-refractivity contribution in [2.45, 2.75) is 50.6 Å². The summed E-state index contributed by atoms with van der Waals surface area (Å²) < 4.78 is 66.6. The minimum Gasteiger partial charge on any atom is -0.744 e. The molecule has 0 aliphatic heterocycles. The van der Waals surface area contributed by atoms with Crippen molar-refractivity contribution in [2.75, 3.05) is 16.0 Å². The molecule has 0 spiro atoms. The summed E-state index contributed by atoms with van der Waals surface area (Å²) in [5.74, 6) is -0.778. The standard InChI is InChI=1S/C37H31N5O3.2C7H8O3S/c1-3-41-21-5-7-27-23-29(13-19-33(27)41)37(45)39-31-16-14-30(15-17-31)38-35(43)25-9-11-26(12-10-25)36(44)40-32-18-20-34-28(24-32)8-6-22-42(34)4-2;2*1-6-2-4-7(5-3-6)11(8,9)10/h5-24H,3-4H2,1-2H3,(H-2,38,39,40,43,44,45);2*2-5H,1H3,(H,8,9,10). The average Bonchev–Trinajstić information content (AvgIpc) is 3.31. The Morgan fingerprint density at radius 1 is 0.448 bits per heavy atom. The van der Waals surface area contributed by atoms with Crippen molar-refractivity contribution in [2.24, 2.45) is 0 Å². The molecule has 0 saturated heterocycles. The molecule has 8 aromatic rings. The highest BCUT2D eigenvalue weighted by molar-refractivity contribution is 7.86. The van der Waals surface area contributed by atoms with E-state index in [2.05, 4.69) is 38.9 Å². The summed E-state index contributed by atoms with van der Waals surface area (Å²) in [6, 6.07) is 44.4. The summed E-state index contributed by atoms with van der Waals surface area (Å²) in [5.41, 5.74) is 7.33. The molecule has 342 valence electrons. The molecule has 0 bridgehead atoms. The number of fused-ring (bicyclic) bond motifs is 2. The van der Waals surface area contributed by atoms with E-state index in [4.69, 9.17) is 0 Å². The van der Waals surface area contributed by atoms with Crippen LogP contribution in [0, 0.1) is 13.8 Å². The number of carbonyl (C=O) groups is 3. The zero-order chi connectivity index (χ0) is 48.3. The van der Waals surface area contributed by atoms with Gasteiger partial charge in [0.05, 0.1) is 9.79 Å². The highest BCUT2D eigenvalue weighted by Gasteiger charge is 2.14. The molecule has 3 N–H and O–H groups in total. The van der Waals surface area contributed by atoms with E-state index in [1.54, 1.807) is 72.8 Å². The maximum absolute atomic E-state index is 12.9. The van der Waals surface area contributed by atoms with Gasteiger partial charge in [0.25, 0.3) is 17.7 Å². The summed E-state index contributed by atoms with van der Waals surface area (Å²) in [4.78, 5) is 38.3. The van der Waals surface area contributed by atoms with Crippen LogP contribution in [0.5, 0.6) is 0 Å². The quantitative estimate of drug-likeness (QED) is 0.0891. The highest BCUT2D eigenvalue weighted by atomic mass is 32.2. The van der Waals surface area contributed by atoms with Gasteiger partial charge in [0.2, 0.25) is 11.0 Å². The van der Waals surface area contributed by atoms with Crippen molar-refractivity contribution in [1.29, 1.82) is 0 Å². The lowest BCUT2D eigenvalue weighted by Crippen LogP contribution is -2.32. The fourth-order valence-corrected chi connectivity index (χ4v) is 7.70. The van der Waals surface area contributed by atoms with Crippen molar-refractivity contribution in [3.63, 3.8) is 0 Å². The normalized spacial score (nSPS) is 11.1. The Bertz CT molecular complexity index is 3220. The minimum absolute atomic E-state index is 0.178. The van der Waals surface area contributed by atoms with Gasteiger partial charge in [-0.1, -0.05) is 35.4 Å². The summed E-state index contributed by atoms with van der Waals surface area (Å²) in [7, 11) is -8.54. The number of rotatable bonds is 10. The Morgan fingerprint density at radius 2 is 0.791 bits per heavy atom. The second-order valence-electron chi connectivity index (χ2n) is 15.2. The lowest BCUT2D eigenvalue weighted by Gasteiger charge is -2.09. The van der Waals surface area contributed by atoms with Gasteiger partial charge in [-0.05, 0) is 137 Å². The van der Waals surface area contributed by atoms with Gasteiger partial charge >= 0.3 is 0 Å². The van der Waals surface area contributed by atoms with Crippen molar-refractivity contribution in [3.8, 4) is 0 Å². The van der Waals surface area contributed by atoms with Crippen LogP contribution in [0.1, 0.15) is 56.0 Å². The molecule has 8 rings (SSSR count). The molecule has 6 aromatic carbocycles. The minimum atomic E-state index is -4.27. The van der Waals surface area contributed by atoms with E-state index in [1.807, 2.05) is 86.9 Å². The van der Waals surface area contributed by atoms with Crippen molar-refractivity contribution >= 4 is 76.8 Å². The average molecular weight is 938 g/mol. The van der Waals surface area contributed by atoms with E-state index in [0.29, 0.717) is 33.8 Å². The van der Waals surface area contributed by atoms with Crippen LogP contribution in [0.25, 0.3) is 21.8 Å². The third kappa shape index (κ3) is 13.2. The molecule has 0 aliphatic rings. The Morgan fingerprint density at radius 3 is 1.19 bits per heavy atom. The summed E-state index contributed by atoms with van der Waals surface area (Å²) >= 11 is 0. The first-order valence-corrected chi connectivity index (χ1v) is 23.8. The maximum Gasteiger partial charge on any atom is 0.255 e. The monoisotopic (exact) mass is 937 g/mol. The van der Waals surface area contributed by atoms with Gasteiger partial charge in [0, 0.05) is 68.8 Å². The second kappa shape index (κ2) is 21.6. The van der Waals surface area contributed by atoms with Gasteiger partial charge < -0.3 is 25.1 Å². The smallest absolute Gasteiger partial charge is 0.255 e. The fourth-order valence-electron chi connectivity index (χ4n) is 6.76. The molecule has 0 unspecified atom stereocenters. The van der Waals surface area contributed by atoms with Gasteiger partial charge in [-0.2, -0.15) is 9.13 Å². The van der Waals surface area contributed by atoms with Gasteiger partial charge in [-0.25, -0.2) is 16.8 Å². The highest BCUT2D eigenvalue weighted by Crippen LogP contribution is 2.20. The van der Waals surface area contributed by atoms with Crippen LogP contribution in [0.15, 0.2) is 180 Å². The van der Waals surface area contributed by atoms with E-state index in [0.717, 1.165) is 46.0 Å². The molecule has 0 saturated carbocycles. The van der Waals surface area contributed by atoms with Gasteiger partial charge in [0.1, 0.15) is 33.3 Å². The van der Waals surface area contributed by atoms with E-state index < -0.39 is 20.2 Å². The Balaban J connectivity index is 0.000000274. The first-order valence-electron chi connectivity index (χ1n) is 21.0. The molecule has 2 heterocycles. The lowest BCUT2D eigenvalue weighted by atomic mass is 10.1. The molecule has 16 heteroatoms. The fraction of sp³-hybridized carbons (Fsp3) is 0.118. The molecular weight excluding hydrogens is 891 g/mol. The number of pyridine rings is 2. The topological polar surface area (TPSA) is 209 Å². The van der Waals surface area contributed by atoms with E-state index >= 15 is 0 Å². The van der Waals surface area contributed by atoms with E-state index in [9.17, 15) is 40.3 Å². The number of benzene rings is 6. The first kappa shape index (κ1) is 48.8. The number of nitrogens with zero attached hydrogens (tertiary/aromatic N) is 2. The molecule has 0 atom stereocenters. The Kier molecular flexibility index (Phi) is 15.7. The maximum atomic E-state index is 12.9. The summed E-state index contributed by atoms with van der Waals surface area (Å²) in [6.45, 7) is 9.52. The van der Waals surface area contributed by atoms with Crippen LogP contribution < -0.4 is 25.1 Å². The predicted octanol–water partition coefficient (Wildman–Crippen LogP) is 8.16. The summed E-state index contributed by atoms with van der Waals surface area (Å²) in [6.07, 6.45) is 4.05. The number of anilines is 3. The third-order valence-corrected chi connectivity index (χ3v) is 12.1. The zero-order valence-corrected chi connectivity index (χ0v) is 38.6. The van der Waals surface area contributed by atoms with Gasteiger partial charge in [0.15, 0.2) is 12.4 Å². The number of nitrogens with one attached hydrogen (secondary N) is 3. The number of carbonyl (C=O) groups excluding carboxylic acids is 3. The van der Waals surface area contributed by atoms with Crippen molar-refractivity contribution in [3.05, 3.63) is 198 Å². The van der Waals surface area contributed by atoms with Crippen LogP contribution in [-0.4, -0.2) is 43.7 Å². The van der Waals surface area contributed by atoms with Crippen LogP contribution in [-0.2, 0) is 33.3 Å². The number of aromatic nitrogens is 2. The van der Waals surface area contributed by atoms with E-state index in [-0.39, 0.29) is 27.5 Å². The molecule has 0 radical (unpaired) electrons. The first-order chi connectivity index (χ1) is 31.9. The van der Waals surface area contributed by atoms with Gasteiger partial charge in [-0.15, -0.1) is 0 Å². The van der Waals surface area contributed by atoms with E-state index in [1.165, 1.54) is 24.3 Å². The van der Waals surface area contributed by atoms with Crippen LogP contribution in [0.3, 0.4) is 0 Å². The van der Waals surface area contributed by atoms with Crippen LogP contribution >= 0.6 is 0 Å². The zero-order valence-electron chi connectivity index (χ0n) is 37.0. The Labute approximate surface area is 389 Å². The molecule has 0 fully saturated rings. The SMILES string of the molecule is CC[n+]1cccc2cc(NC(=O)c3ccc(C(=O)Nc4ccc(NC(=O)c5ccc6c(ccc[n+]6CC)c5)cc4)cc3)ccc21.Cc1ccc(S(=O)(=O)[O-])cc1.Cc1ccc(S(=O)(=O)[O-])cc1. The predicted molar refractivity (Wildman–Crippen MR) is 255 cm³/mol. The van der Waals surface area contributed by atoms with Crippen LogP contribution in [0.2, 0.25) is 0 Å². The second-order valence-corrected chi connectivity index (χ2v) is 17.9. The molecule has 0 aliphatic carbocycles. The number of hydrogen-bond donors (Lipinski definition) is 3. The van der Waals surface area contributed by atoms with Crippen molar-refractivity contribution in [1.82, 2.24) is 0 Å². The molecule has 67 heavy (non-hydrogen) atoms. The molecule has 2 aromatic heterocycles. The van der Waals surface area contributed by atoms with Crippen LogP contribution in [0.4, 0.5) is 17.1 Å². The van der Waals surface area contributed by atoms with Crippen molar-refractivity contribution < 1.29 is 49.5 Å². The molecular formula is C51H47N5O9S2. The third-order valence-electron chi connectivity index (χ3n) is 10.4. The molecule has 14 nitrogen and oxygen atoms in total. The largest absolute Gasteiger partial charge is 0.744 e. The number of amides is 3. The lowest BCUT2D eigenvalue weighted by molar-refractivity contribution is -0.668. The van der Waals surface area contributed by atoms with Gasteiger partial charge in [-0.3, -0.25) is 14.4 Å². The number of aryl methyl sites for hydroxylation is 4. The number of hydrogen-bond acceptors (Lipinski definition) is 9.